The Bertz CT molecular complexity index is 305. The van der Waals surface area contributed by atoms with Gasteiger partial charge in [0.05, 0.1) is 12.8 Å². The van der Waals surface area contributed by atoms with Gasteiger partial charge in [-0.15, -0.1) is 23.2 Å². The molecule has 134 valence electrons. The van der Waals surface area contributed by atoms with Crippen LogP contribution in [-0.4, -0.2) is 38.8 Å². The minimum Gasteiger partial charge on any atom is -0.259 e. The predicted octanol–water partition coefficient (Wildman–Crippen LogP) is 5.42. The average Bonchev–Trinajstić information content (AvgIpc) is 2.36. The Hall–Kier alpha value is 0.310. The van der Waals surface area contributed by atoms with Gasteiger partial charge in [0.1, 0.15) is 0 Å². The van der Waals surface area contributed by atoms with Gasteiger partial charge in [-0.1, -0.05) is 0 Å². The molecule has 0 bridgehead atoms. The van der Waals surface area contributed by atoms with E-state index in [0.717, 1.165) is 0 Å². The molecule has 0 N–H and O–H groups in total. The van der Waals surface area contributed by atoms with Crippen molar-refractivity contribution in [3.63, 3.8) is 0 Å². The van der Waals surface area contributed by atoms with E-state index in [2.05, 4.69) is 0 Å². The molecule has 0 aliphatic heterocycles. The summed E-state index contributed by atoms with van der Waals surface area (Å²) in [6.45, 7) is 0. The Kier molecular flexibility index (Phi) is 10.4. The zero-order chi connectivity index (χ0) is 17.4. The molecular formula is C12H18Cl2F6OS. The van der Waals surface area contributed by atoms with Gasteiger partial charge in [0, 0.05) is 33.1 Å². The van der Waals surface area contributed by atoms with Crippen molar-refractivity contribution in [1.29, 1.82) is 0 Å². The van der Waals surface area contributed by atoms with Crippen molar-refractivity contribution < 1.29 is 30.6 Å². The largest absolute Gasteiger partial charge is 0.390 e. The van der Waals surface area contributed by atoms with Crippen molar-refractivity contribution in [2.45, 2.75) is 61.4 Å². The van der Waals surface area contributed by atoms with Gasteiger partial charge < -0.3 is 0 Å². The molecule has 0 heterocycles. The van der Waals surface area contributed by atoms with Crippen molar-refractivity contribution in [2.24, 2.45) is 0 Å². The summed E-state index contributed by atoms with van der Waals surface area (Å²) < 4.78 is 87.5. The molecule has 0 aromatic rings. The van der Waals surface area contributed by atoms with Crippen LogP contribution in [0.2, 0.25) is 0 Å². The third kappa shape index (κ3) is 10.9. The Morgan fingerprint density at radius 2 is 1.09 bits per heavy atom. The molecule has 22 heavy (non-hydrogen) atoms. The number of hydrogen-bond donors (Lipinski definition) is 0. The first kappa shape index (κ1) is 22.3. The summed E-state index contributed by atoms with van der Waals surface area (Å²) in [5.74, 6) is 0.133. The summed E-state index contributed by atoms with van der Waals surface area (Å²) in [6.07, 6.45) is -11.8. The van der Waals surface area contributed by atoms with Crippen LogP contribution in [0.1, 0.15) is 38.5 Å². The zero-order valence-electron chi connectivity index (χ0n) is 11.7. The lowest BCUT2D eigenvalue weighted by Crippen LogP contribution is -2.33. The van der Waals surface area contributed by atoms with Gasteiger partial charge in [-0.05, 0) is 25.7 Å². The van der Waals surface area contributed by atoms with Gasteiger partial charge in [0.25, 0.3) is 0 Å². The van der Waals surface area contributed by atoms with Crippen LogP contribution in [0.25, 0.3) is 0 Å². The number of halogens is 8. The lowest BCUT2D eigenvalue weighted by molar-refractivity contribution is -0.135. The lowest BCUT2D eigenvalue weighted by Gasteiger charge is -2.25. The zero-order valence-corrected chi connectivity index (χ0v) is 14.0. The number of alkyl halides is 8. The van der Waals surface area contributed by atoms with Crippen LogP contribution in [-0.2, 0) is 10.8 Å². The van der Waals surface area contributed by atoms with Crippen molar-refractivity contribution in [2.75, 3.05) is 11.8 Å². The highest BCUT2D eigenvalue weighted by molar-refractivity contribution is 7.86. The van der Waals surface area contributed by atoms with Crippen LogP contribution in [0.3, 0.4) is 0 Å². The SMILES string of the molecule is O=S(C(CCCCl)CC(F)(F)F)C(CCCCl)CC(F)(F)F. The van der Waals surface area contributed by atoms with Crippen LogP contribution in [0, 0.1) is 0 Å². The maximum absolute atomic E-state index is 12.5. The second kappa shape index (κ2) is 10.2. The summed E-state index contributed by atoms with van der Waals surface area (Å²) in [5.41, 5.74) is 0. The van der Waals surface area contributed by atoms with Crippen molar-refractivity contribution in [3.8, 4) is 0 Å². The molecule has 0 radical (unpaired) electrons. The molecule has 0 aromatic heterocycles. The molecule has 0 aliphatic rings. The Morgan fingerprint density at radius 1 is 0.773 bits per heavy atom. The fourth-order valence-corrected chi connectivity index (χ4v) is 4.36. The van der Waals surface area contributed by atoms with Crippen molar-refractivity contribution >= 4 is 34.0 Å². The Morgan fingerprint density at radius 3 is 1.32 bits per heavy atom. The fraction of sp³-hybridized carbons (Fsp3) is 1.00. The van der Waals surface area contributed by atoms with Crippen LogP contribution < -0.4 is 0 Å². The van der Waals surface area contributed by atoms with E-state index in [4.69, 9.17) is 23.2 Å². The molecule has 10 heteroatoms. The molecule has 0 saturated heterocycles. The number of rotatable bonds is 10. The summed E-state index contributed by atoms with van der Waals surface area (Å²) >= 11 is 10.8. The first-order chi connectivity index (χ1) is 10.00. The highest BCUT2D eigenvalue weighted by atomic mass is 35.5. The Balaban J connectivity index is 5.04. The third-order valence-corrected chi connectivity index (χ3v) is 5.55. The maximum atomic E-state index is 12.5. The average molecular weight is 395 g/mol. The summed E-state index contributed by atoms with van der Waals surface area (Å²) in [7, 11) is -2.25. The topological polar surface area (TPSA) is 17.1 Å². The molecule has 0 amide bonds. The number of hydrogen-bond acceptors (Lipinski definition) is 1. The van der Waals surface area contributed by atoms with Crippen LogP contribution in [0.5, 0.6) is 0 Å². The van der Waals surface area contributed by atoms with Gasteiger partial charge in [0.15, 0.2) is 0 Å². The molecule has 0 aliphatic carbocycles. The van der Waals surface area contributed by atoms with Gasteiger partial charge in [0.2, 0.25) is 0 Å². The van der Waals surface area contributed by atoms with Crippen LogP contribution in [0.15, 0.2) is 0 Å². The quantitative estimate of drug-likeness (QED) is 0.357. The second-order valence-corrected chi connectivity index (χ2v) is 7.62. The third-order valence-electron chi connectivity index (χ3n) is 2.89. The summed E-state index contributed by atoms with van der Waals surface area (Å²) in [4.78, 5) is 0. The van der Waals surface area contributed by atoms with E-state index in [-0.39, 0.29) is 37.4 Å². The molecule has 2 atom stereocenters. The van der Waals surface area contributed by atoms with Gasteiger partial charge in [-0.2, -0.15) is 26.3 Å². The van der Waals surface area contributed by atoms with E-state index in [1.807, 2.05) is 0 Å². The molecule has 1 nitrogen and oxygen atoms in total. The molecule has 0 fully saturated rings. The molecule has 0 aromatic carbocycles. The first-order valence-electron chi connectivity index (χ1n) is 6.65. The summed E-state index contributed by atoms with van der Waals surface area (Å²) in [6, 6.07) is 0. The molecule has 0 spiro atoms. The fourth-order valence-electron chi connectivity index (χ4n) is 2.00. The minimum absolute atomic E-state index is 0.0666. The van der Waals surface area contributed by atoms with Gasteiger partial charge in [-0.3, -0.25) is 4.21 Å². The second-order valence-electron chi connectivity index (χ2n) is 4.87. The van der Waals surface area contributed by atoms with Crippen LogP contribution >= 0.6 is 23.2 Å². The molecular weight excluding hydrogens is 377 g/mol. The van der Waals surface area contributed by atoms with Crippen LogP contribution in [0.4, 0.5) is 26.3 Å². The van der Waals surface area contributed by atoms with Gasteiger partial charge in [-0.25, -0.2) is 0 Å². The van der Waals surface area contributed by atoms with E-state index in [1.54, 1.807) is 0 Å². The smallest absolute Gasteiger partial charge is 0.259 e. The van der Waals surface area contributed by atoms with Crippen molar-refractivity contribution in [3.05, 3.63) is 0 Å². The highest BCUT2D eigenvalue weighted by Crippen LogP contribution is 2.32. The predicted molar refractivity (Wildman–Crippen MR) is 77.0 cm³/mol. The van der Waals surface area contributed by atoms with E-state index in [0.29, 0.717) is 0 Å². The molecule has 0 rings (SSSR count). The van der Waals surface area contributed by atoms with E-state index in [9.17, 15) is 30.6 Å². The Labute approximate surface area is 138 Å². The standard InChI is InChI=1S/C12H18Cl2F6OS/c13-5-1-3-9(7-11(15,16)17)22(21)10(4-2-6-14)8-12(18,19)20/h9-10H,1-8H2. The molecule has 2 unspecified atom stereocenters. The van der Waals surface area contributed by atoms with E-state index in [1.165, 1.54) is 0 Å². The monoisotopic (exact) mass is 394 g/mol. The van der Waals surface area contributed by atoms with Crippen molar-refractivity contribution in [1.82, 2.24) is 0 Å². The summed E-state index contributed by atoms with van der Waals surface area (Å²) in [5, 5.41) is -2.75. The van der Waals surface area contributed by atoms with E-state index >= 15 is 0 Å². The highest BCUT2D eigenvalue weighted by Gasteiger charge is 2.40. The lowest BCUT2D eigenvalue weighted by atomic mass is 10.2. The molecule has 0 saturated carbocycles. The van der Waals surface area contributed by atoms with E-state index < -0.39 is 46.5 Å². The normalized spacial score (nSPS) is 17.3. The minimum atomic E-state index is -4.58. The van der Waals surface area contributed by atoms with Gasteiger partial charge >= 0.3 is 12.4 Å². The first-order valence-corrected chi connectivity index (χ1v) is 8.99. The maximum Gasteiger partial charge on any atom is 0.390 e.